The first-order valence-corrected chi connectivity index (χ1v) is 10.9. The number of benzene rings is 2. The highest BCUT2D eigenvalue weighted by molar-refractivity contribution is 8.26. The summed E-state index contributed by atoms with van der Waals surface area (Å²) in [4.78, 5) is 14.9. The fraction of sp³-hybridized carbons (Fsp3) is 0.120. The van der Waals surface area contributed by atoms with E-state index in [4.69, 9.17) is 12.2 Å². The molecule has 0 aliphatic carbocycles. The van der Waals surface area contributed by atoms with Gasteiger partial charge in [-0.3, -0.25) is 9.69 Å². The van der Waals surface area contributed by atoms with Crippen molar-refractivity contribution in [3.05, 3.63) is 95.2 Å². The van der Waals surface area contributed by atoms with Crippen LogP contribution in [0, 0.1) is 13.8 Å². The molecule has 0 bridgehead atoms. The second-order valence-electron chi connectivity index (χ2n) is 7.16. The van der Waals surface area contributed by atoms with Gasteiger partial charge in [0.2, 0.25) is 0 Å². The summed E-state index contributed by atoms with van der Waals surface area (Å²) in [6.07, 6.45) is 3.64. The number of carbonyl (C=O) groups is 1. The number of thioether (sulfide) groups is 1. The van der Waals surface area contributed by atoms with Gasteiger partial charge in [-0.2, -0.15) is 0 Å². The predicted molar refractivity (Wildman–Crippen MR) is 131 cm³/mol. The molecular formula is C25H22N2OS2. The molecule has 1 aliphatic rings. The minimum atomic E-state index is -0.0538. The van der Waals surface area contributed by atoms with E-state index < -0.39 is 0 Å². The van der Waals surface area contributed by atoms with Gasteiger partial charge in [-0.1, -0.05) is 72.5 Å². The molecule has 4 rings (SSSR count). The number of hydrogen-bond donors (Lipinski definition) is 0. The fourth-order valence-electron chi connectivity index (χ4n) is 3.69. The first kappa shape index (κ1) is 20.4. The van der Waals surface area contributed by atoms with E-state index in [9.17, 15) is 4.79 Å². The Labute approximate surface area is 186 Å². The monoisotopic (exact) mass is 430 g/mol. The molecule has 1 saturated heterocycles. The Kier molecular flexibility index (Phi) is 5.75. The summed E-state index contributed by atoms with van der Waals surface area (Å²) in [5.74, 6) is -0.0538. The Morgan fingerprint density at radius 3 is 2.37 bits per heavy atom. The van der Waals surface area contributed by atoms with E-state index in [0.717, 1.165) is 22.6 Å². The van der Waals surface area contributed by atoms with Gasteiger partial charge in [0.15, 0.2) is 0 Å². The summed E-state index contributed by atoms with van der Waals surface area (Å²) in [5.41, 5.74) is 6.73. The Hall–Kier alpha value is -2.89. The van der Waals surface area contributed by atoms with Crippen molar-refractivity contribution in [2.24, 2.45) is 0 Å². The summed E-state index contributed by atoms with van der Waals surface area (Å²) in [5, 5.41) is 0. The molecule has 150 valence electrons. The van der Waals surface area contributed by atoms with Crippen LogP contribution in [0.1, 0.15) is 17.0 Å². The number of aryl methyl sites for hydroxylation is 1. The molecule has 0 spiro atoms. The quantitative estimate of drug-likeness (QED) is 0.276. The standard InChI is InChI=1S/C25H22N2OS2/c1-4-14-26-24(28)23(30-25(26)29)16-21-15-17(2)27(18(21)3)22-12-10-20(11-13-22)19-8-6-5-7-9-19/h4-13,15-16H,1,14H2,2-3H3. The number of amides is 1. The summed E-state index contributed by atoms with van der Waals surface area (Å²) in [6.45, 7) is 8.30. The maximum atomic E-state index is 12.7. The third-order valence-electron chi connectivity index (χ3n) is 5.17. The van der Waals surface area contributed by atoms with Gasteiger partial charge in [0, 0.05) is 23.6 Å². The van der Waals surface area contributed by atoms with Crippen LogP contribution in [0.2, 0.25) is 0 Å². The SMILES string of the molecule is C=CCN1C(=O)C(=Cc2cc(C)n(-c3ccc(-c4ccccc4)cc3)c2C)SC1=S. The minimum Gasteiger partial charge on any atom is -0.318 e. The number of carbonyl (C=O) groups excluding carboxylic acids is 1. The Balaban J connectivity index is 1.66. The number of nitrogens with zero attached hydrogens (tertiary/aromatic N) is 2. The lowest BCUT2D eigenvalue weighted by Crippen LogP contribution is -2.27. The second-order valence-corrected chi connectivity index (χ2v) is 8.83. The van der Waals surface area contributed by atoms with Gasteiger partial charge < -0.3 is 4.57 Å². The summed E-state index contributed by atoms with van der Waals surface area (Å²) < 4.78 is 2.79. The minimum absolute atomic E-state index is 0.0538. The molecule has 3 aromatic rings. The Morgan fingerprint density at radius 1 is 1.03 bits per heavy atom. The van der Waals surface area contributed by atoms with Crippen molar-refractivity contribution < 1.29 is 4.79 Å². The molecule has 0 unspecified atom stereocenters. The molecule has 0 atom stereocenters. The van der Waals surface area contributed by atoms with Gasteiger partial charge in [-0.25, -0.2) is 0 Å². The summed E-state index contributed by atoms with van der Waals surface area (Å²) in [7, 11) is 0. The number of rotatable bonds is 5. The highest BCUT2D eigenvalue weighted by Gasteiger charge is 2.31. The summed E-state index contributed by atoms with van der Waals surface area (Å²) in [6, 6.07) is 21.0. The van der Waals surface area contributed by atoms with Crippen LogP contribution >= 0.6 is 24.0 Å². The lowest BCUT2D eigenvalue weighted by molar-refractivity contribution is -0.121. The maximum absolute atomic E-state index is 12.7. The van der Waals surface area contributed by atoms with Crippen LogP contribution in [-0.2, 0) is 4.79 Å². The van der Waals surface area contributed by atoms with Crippen molar-refractivity contribution in [1.29, 1.82) is 0 Å². The van der Waals surface area contributed by atoms with Gasteiger partial charge in [0.25, 0.3) is 5.91 Å². The average molecular weight is 431 g/mol. The first-order valence-electron chi connectivity index (χ1n) is 9.70. The van der Waals surface area contributed by atoms with Crippen LogP contribution in [0.5, 0.6) is 0 Å². The van der Waals surface area contributed by atoms with Crippen molar-refractivity contribution in [3.63, 3.8) is 0 Å². The van der Waals surface area contributed by atoms with Crippen LogP contribution in [0.4, 0.5) is 0 Å². The van der Waals surface area contributed by atoms with Gasteiger partial charge in [0.05, 0.1) is 4.91 Å². The zero-order chi connectivity index (χ0) is 21.3. The molecule has 0 radical (unpaired) electrons. The van der Waals surface area contributed by atoms with E-state index in [1.165, 1.54) is 22.9 Å². The van der Waals surface area contributed by atoms with E-state index in [-0.39, 0.29) is 5.91 Å². The van der Waals surface area contributed by atoms with Crippen LogP contribution in [0.3, 0.4) is 0 Å². The van der Waals surface area contributed by atoms with Crippen LogP contribution in [-0.4, -0.2) is 26.2 Å². The average Bonchev–Trinajstić information content (AvgIpc) is 3.18. The summed E-state index contributed by atoms with van der Waals surface area (Å²) >= 11 is 6.69. The van der Waals surface area contributed by atoms with E-state index in [1.54, 1.807) is 11.0 Å². The number of aromatic nitrogens is 1. The normalized spacial score (nSPS) is 15.3. The van der Waals surface area contributed by atoms with Gasteiger partial charge in [-0.05, 0) is 54.8 Å². The molecule has 3 nitrogen and oxygen atoms in total. The Bertz CT molecular complexity index is 1160. The van der Waals surface area contributed by atoms with Crippen molar-refractivity contribution in [1.82, 2.24) is 9.47 Å². The molecule has 0 saturated carbocycles. The van der Waals surface area contributed by atoms with Crippen molar-refractivity contribution >= 4 is 40.3 Å². The molecule has 5 heteroatoms. The van der Waals surface area contributed by atoms with Crippen molar-refractivity contribution in [2.75, 3.05) is 6.54 Å². The molecule has 30 heavy (non-hydrogen) atoms. The van der Waals surface area contributed by atoms with Gasteiger partial charge in [-0.15, -0.1) is 6.58 Å². The molecule has 2 heterocycles. The molecular weight excluding hydrogens is 408 g/mol. The largest absolute Gasteiger partial charge is 0.318 e. The fourth-order valence-corrected chi connectivity index (χ4v) is 4.96. The molecule has 1 aliphatic heterocycles. The third kappa shape index (κ3) is 3.78. The molecule has 2 aromatic carbocycles. The molecule has 1 aromatic heterocycles. The van der Waals surface area contributed by atoms with Crippen LogP contribution in [0.15, 0.2) is 78.2 Å². The zero-order valence-electron chi connectivity index (χ0n) is 17.0. The number of thiocarbonyl (C=S) groups is 1. The lowest BCUT2D eigenvalue weighted by atomic mass is 10.1. The van der Waals surface area contributed by atoms with E-state index in [2.05, 4.69) is 67.5 Å². The molecule has 1 amide bonds. The second kappa shape index (κ2) is 8.46. The van der Waals surface area contributed by atoms with E-state index in [1.807, 2.05) is 24.3 Å². The highest BCUT2D eigenvalue weighted by atomic mass is 32.2. The van der Waals surface area contributed by atoms with Gasteiger partial charge >= 0.3 is 0 Å². The highest BCUT2D eigenvalue weighted by Crippen LogP contribution is 2.34. The maximum Gasteiger partial charge on any atom is 0.266 e. The first-order chi connectivity index (χ1) is 14.5. The van der Waals surface area contributed by atoms with E-state index in [0.29, 0.717) is 15.8 Å². The van der Waals surface area contributed by atoms with Crippen LogP contribution < -0.4 is 0 Å². The topological polar surface area (TPSA) is 25.2 Å². The van der Waals surface area contributed by atoms with Crippen molar-refractivity contribution in [2.45, 2.75) is 13.8 Å². The number of hydrogen-bond acceptors (Lipinski definition) is 3. The van der Waals surface area contributed by atoms with Gasteiger partial charge in [0.1, 0.15) is 4.32 Å². The van der Waals surface area contributed by atoms with Crippen LogP contribution in [0.25, 0.3) is 22.9 Å². The lowest BCUT2D eigenvalue weighted by Gasteiger charge is -2.11. The third-order valence-corrected chi connectivity index (χ3v) is 6.55. The van der Waals surface area contributed by atoms with E-state index >= 15 is 0 Å². The smallest absolute Gasteiger partial charge is 0.266 e. The van der Waals surface area contributed by atoms with Crippen molar-refractivity contribution in [3.8, 4) is 16.8 Å². The zero-order valence-corrected chi connectivity index (χ0v) is 18.6. The Morgan fingerprint density at radius 2 is 1.70 bits per heavy atom. The molecule has 1 fully saturated rings. The molecule has 0 N–H and O–H groups in total. The predicted octanol–water partition coefficient (Wildman–Crippen LogP) is 6.15.